The van der Waals surface area contributed by atoms with Gasteiger partial charge in [0.2, 0.25) is 5.91 Å². The van der Waals surface area contributed by atoms with E-state index in [-0.39, 0.29) is 17.9 Å². The molecule has 3 amide bonds. The van der Waals surface area contributed by atoms with Crippen molar-refractivity contribution in [1.82, 2.24) is 5.32 Å². The van der Waals surface area contributed by atoms with Crippen molar-refractivity contribution in [2.75, 3.05) is 36.2 Å². The smallest absolute Gasteiger partial charge is 0.319 e. The number of benzene rings is 2. The molecule has 6 heteroatoms. The number of hydrogen-bond donors (Lipinski definition) is 3. The molecule has 0 saturated heterocycles. The number of carbonyl (C=O) groups excluding carboxylic acids is 2. The van der Waals surface area contributed by atoms with E-state index in [0.717, 1.165) is 12.8 Å². The maximum Gasteiger partial charge on any atom is 0.319 e. The normalized spacial score (nSPS) is 10.5. The Morgan fingerprint density at radius 2 is 1.61 bits per heavy atom. The molecule has 0 saturated carbocycles. The molecule has 2 aromatic carbocycles. The number of amides is 3. The van der Waals surface area contributed by atoms with Crippen molar-refractivity contribution in [3.63, 3.8) is 0 Å². The van der Waals surface area contributed by atoms with Crippen molar-refractivity contribution >= 4 is 29.0 Å². The molecule has 0 aliphatic carbocycles. The highest BCUT2D eigenvalue weighted by Gasteiger charge is 2.08. The molecule has 0 aliphatic rings. The van der Waals surface area contributed by atoms with Crippen LogP contribution in [0.2, 0.25) is 0 Å². The lowest BCUT2D eigenvalue weighted by molar-refractivity contribution is -0.118. The van der Waals surface area contributed by atoms with Crippen molar-refractivity contribution in [1.29, 1.82) is 0 Å². The number of nitrogens with one attached hydrogen (secondary N) is 3. The van der Waals surface area contributed by atoms with Crippen molar-refractivity contribution in [3.8, 4) is 0 Å². The average molecular weight is 383 g/mol. The first kappa shape index (κ1) is 21.3. The van der Waals surface area contributed by atoms with E-state index in [1.165, 1.54) is 11.3 Å². The van der Waals surface area contributed by atoms with Crippen LogP contribution in [0.3, 0.4) is 0 Å². The van der Waals surface area contributed by atoms with E-state index in [9.17, 15) is 9.59 Å². The first-order valence-corrected chi connectivity index (χ1v) is 9.57. The second-order valence-corrected chi connectivity index (χ2v) is 7.27. The fourth-order valence-corrected chi connectivity index (χ4v) is 2.59. The summed E-state index contributed by atoms with van der Waals surface area (Å²) in [5.41, 5.74) is 3.73. The lowest BCUT2D eigenvalue weighted by atomic mass is 10.1. The van der Waals surface area contributed by atoms with Crippen LogP contribution in [0.4, 0.5) is 21.9 Å². The van der Waals surface area contributed by atoms with Gasteiger partial charge in [-0.25, -0.2) is 4.79 Å². The van der Waals surface area contributed by atoms with Crippen molar-refractivity contribution < 1.29 is 9.59 Å². The number of hydrogen-bond acceptors (Lipinski definition) is 3. The van der Waals surface area contributed by atoms with E-state index in [4.69, 9.17) is 0 Å². The molecule has 6 nitrogen and oxygen atoms in total. The van der Waals surface area contributed by atoms with Crippen LogP contribution in [-0.2, 0) is 11.2 Å². The second-order valence-electron chi connectivity index (χ2n) is 7.27. The molecular formula is C22H30N4O2. The van der Waals surface area contributed by atoms with E-state index >= 15 is 0 Å². The minimum absolute atomic E-state index is 0.0554. The third kappa shape index (κ3) is 6.95. The Kier molecular flexibility index (Phi) is 7.87. The molecule has 150 valence electrons. The Balaban J connectivity index is 1.74. The Bertz CT molecular complexity index is 785. The molecule has 0 atom stereocenters. The predicted octanol–water partition coefficient (Wildman–Crippen LogP) is 4.10. The minimum Gasteiger partial charge on any atom is -0.378 e. The summed E-state index contributed by atoms with van der Waals surface area (Å²) >= 11 is 0. The van der Waals surface area contributed by atoms with Crippen molar-refractivity contribution in [2.45, 2.75) is 26.7 Å². The number of rotatable bonds is 8. The standard InChI is InChI=1S/C22H30N4O2/c1-16(2)21(27)24-18-8-5-9-19(15-18)25-22(28)23-14-6-7-17-10-12-20(13-11-17)26(3)4/h5,8-13,15-16H,6-7,14H2,1-4H3,(H,24,27)(H2,23,25,28). The molecule has 3 N–H and O–H groups in total. The average Bonchev–Trinajstić information content (AvgIpc) is 2.65. The van der Waals surface area contributed by atoms with Gasteiger partial charge in [0.05, 0.1) is 0 Å². The summed E-state index contributed by atoms with van der Waals surface area (Å²) in [4.78, 5) is 25.9. The first-order chi connectivity index (χ1) is 13.3. The predicted molar refractivity (Wildman–Crippen MR) is 116 cm³/mol. The third-order valence-corrected chi connectivity index (χ3v) is 4.29. The zero-order valence-electron chi connectivity index (χ0n) is 17.1. The summed E-state index contributed by atoms with van der Waals surface area (Å²) in [6, 6.07) is 15.3. The lowest BCUT2D eigenvalue weighted by Crippen LogP contribution is -2.29. The van der Waals surface area contributed by atoms with Crippen LogP contribution in [0.15, 0.2) is 48.5 Å². The van der Waals surface area contributed by atoms with Gasteiger partial charge in [-0.3, -0.25) is 4.79 Å². The maximum atomic E-state index is 12.1. The van der Waals surface area contributed by atoms with Gasteiger partial charge in [-0.2, -0.15) is 0 Å². The van der Waals surface area contributed by atoms with E-state index in [0.29, 0.717) is 17.9 Å². The number of anilines is 3. The quantitative estimate of drug-likeness (QED) is 0.602. The van der Waals surface area contributed by atoms with E-state index < -0.39 is 0 Å². The lowest BCUT2D eigenvalue weighted by Gasteiger charge is -2.13. The third-order valence-electron chi connectivity index (χ3n) is 4.29. The highest BCUT2D eigenvalue weighted by molar-refractivity contribution is 5.94. The van der Waals surface area contributed by atoms with Gasteiger partial charge in [-0.1, -0.05) is 32.0 Å². The molecule has 0 unspecified atom stereocenters. The van der Waals surface area contributed by atoms with Gasteiger partial charge in [0.15, 0.2) is 0 Å². The monoisotopic (exact) mass is 382 g/mol. The largest absolute Gasteiger partial charge is 0.378 e. The van der Waals surface area contributed by atoms with Gasteiger partial charge in [0.1, 0.15) is 0 Å². The van der Waals surface area contributed by atoms with Gasteiger partial charge in [0, 0.05) is 43.6 Å². The first-order valence-electron chi connectivity index (χ1n) is 9.57. The summed E-state index contributed by atoms with van der Waals surface area (Å²) in [6.45, 7) is 4.26. The van der Waals surface area contributed by atoms with Crippen LogP contribution in [0.1, 0.15) is 25.8 Å². The molecule has 0 aromatic heterocycles. The Morgan fingerprint density at radius 3 is 2.21 bits per heavy atom. The summed E-state index contributed by atoms with van der Waals surface area (Å²) in [7, 11) is 4.04. The summed E-state index contributed by atoms with van der Waals surface area (Å²) < 4.78 is 0. The highest BCUT2D eigenvalue weighted by atomic mass is 16.2. The fourth-order valence-electron chi connectivity index (χ4n) is 2.59. The number of urea groups is 1. The molecule has 0 aliphatic heterocycles. The van der Waals surface area contributed by atoms with E-state index in [2.05, 4.69) is 45.1 Å². The van der Waals surface area contributed by atoms with Crippen LogP contribution >= 0.6 is 0 Å². The molecule has 0 spiro atoms. The summed E-state index contributed by atoms with van der Waals surface area (Å²) in [5.74, 6) is -0.154. The van der Waals surface area contributed by atoms with Crippen LogP contribution in [0.25, 0.3) is 0 Å². The molecular weight excluding hydrogens is 352 g/mol. The number of carbonyl (C=O) groups is 2. The van der Waals surface area contributed by atoms with Crippen molar-refractivity contribution in [2.24, 2.45) is 5.92 Å². The number of aryl methyl sites for hydroxylation is 1. The minimum atomic E-state index is -0.254. The fraction of sp³-hybridized carbons (Fsp3) is 0.364. The van der Waals surface area contributed by atoms with Gasteiger partial charge < -0.3 is 20.9 Å². The maximum absolute atomic E-state index is 12.1. The van der Waals surface area contributed by atoms with Gasteiger partial charge in [0.25, 0.3) is 0 Å². The van der Waals surface area contributed by atoms with Crippen molar-refractivity contribution in [3.05, 3.63) is 54.1 Å². The SMILES string of the molecule is CC(C)C(=O)Nc1cccc(NC(=O)NCCCc2ccc(N(C)C)cc2)c1. The highest BCUT2D eigenvalue weighted by Crippen LogP contribution is 2.16. The molecule has 0 bridgehead atoms. The van der Waals surface area contributed by atoms with E-state index in [1.54, 1.807) is 24.3 Å². The molecule has 0 radical (unpaired) electrons. The number of nitrogens with zero attached hydrogens (tertiary/aromatic N) is 1. The molecule has 28 heavy (non-hydrogen) atoms. The van der Waals surface area contributed by atoms with Gasteiger partial charge >= 0.3 is 6.03 Å². The zero-order chi connectivity index (χ0) is 20.5. The van der Waals surface area contributed by atoms with Crippen LogP contribution in [0, 0.1) is 5.92 Å². The molecule has 2 rings (SSSR count). The topological polar surface area (TPSA) is 73.5 Å². The van der Waals surface area contributed by atoms with E-state index in [1.807, 2.05) is 27.9 Å². The molecule has 0 fully saturated rings. The van der Waals surface area contributed by atoms with Crippen LogP contribution in [-0.4, -0.2) is 32.6 Å². The molecule has 0 heterocycles. The Morgan fingerprint density at radius 1 is 0.964 bits per heavy atom. The summed E-state index contributed by atoms with van der Waals surface area (Å²) in [6.07, 6.45) is 1.77. The Labute approximate surface area is 167 Å². The molecule has 2 aromatic rings. The van der Waals surface area contributed by atoms with Gasteiger partial charge in [-0.05, 0) is 48.7 Å². The van der Waals surface area contributed by atoms with Crippen LogP contribution in [0.5, 0.6) is 0 Å². The zero-order valence-corrected chi connectivity index (χ0v) is 17.1. The summed E-state index contributed by atoms with van der Waals surface area (Å²) in [5, 5.41) is 8.48. The van der Waals surface area contributed by atoms with Gasteiger partial charge in [-0.15, -0.1) is 0 Å². The second kappa shape index (κ2) is 10.3. The van der Waals surface area contributed by atoms with Crippen LogP contribution < -0.4 is 20.9 Å². The Hall–Kier alpha value is -3.02.